The van der Waals surface area contributed by atoms with Crippen LogP contribution < -0.4 is 0 Å². The maximum absolute atomic E-state index is 10.3. The third kappa shape index (κ3) is 2.25. The molecule has 2 aromatic rings. The van der Waals surface area contributed by atoms with E-state index >= 15 is 0 Å². The van der Waals surface area contributed by atoms with E-state index in [9.17, 15) is 25.5 Å². The Balaban J connectivity index is 2.20. The van der Waals surface area contributed by atoms with Gasteiger partial charge in [0.2, 0.25) is 0 Å². The molecule has 0 aromatic heterocycles. The van der Waals surface area contributed by atoms with Crippen LogP contribution in [0.15, 0.2) is 30.3 Å². The summed E-state index contributed by atoms with van der Waals surface area (Å²) in [6, 6.07) is 6.07. The highest BCUT2D eigenvalue weighted by Gasteiger charge is 2.37. The minimum atomic E-state index is -2.18. The number of hydrogen-bond donors (Lipinski definition) is 5. The van der Waals surface area contributed by atoms with E-state index in [1.54, 1.807) is 0 Å². The molecule has 0 fully saturated rings. The van der Waals surface area contributed by atoms with Crippen molar-refractivity contribution in [1.29, 1.82) is 0 Å². The molecule has 3 rings (SSSR count). The molecule has 1 aliphatic heterocycles. The second kappa shape index (κ2) is 4.68. The molecule has 1 atom stereocenters. The molecule has 6 heteroatoms. The second-order valence-corrected chi connectivity index (χ2v) is 4.70. The minimum absolute atomic E-state index is 0.108. The van der Waals surface area contributed by atoms with Crippen molar-refractivity contribution in [3.05, 3.63) is 41.5 Å². The van der Waals surface area contributed by atoms with Crippen molar-refractivity contribution in [3.8, 4) is 28.7 Å². The summed E-state index contributed by atoms with van der Waals surface area (Å²) < 4.78 is 13.5. The van der Waals surface area contributed by atoms with E-state index in [1.165, 1.54) is 18.2 Å². The highest BCUT2D eigenvalue weighted by Crippen LogP contribution is 2.39. The van der Waals surface area contributed by atoms with Gasteiger partial charge in [-0.05, 0) is 12.1 Å². The average molecular weight is 290 g/mol. The summed E-state index contributed by atoms with van der Waals surface area (Å²) in [5.41, 5.74) is 0.392. The van der Waals surface area contributed by atoms with E-state index in [4.69, 9.17) is 5.80 Å². The predicted octanol–water partition coefficient (Wildman–Crippen LogP) is 1.56. The average Bonchev–Trinajstić information content (AvgIpc) is 2.42. The molecule has 0 saturated heterocycles. The molecule has 2 aromatic carbocycles. The van der Waals surface area contributed by atoms with Crippen LogP contribution in [0.1, 0.15) is 16.9 Å². The Kier molecular flexibility index (Phi) is 2.68. The number of phenolic OH excluding ortho intramolecular Hbond substituents is 4. The topological polar surface area (TPSA) is 112 Å². The number of ketones is 1. The van der Waals surface area contributed by atoms with Crippen LogP contribution in [-0.2, 0) is 6.42 Å². The van der Waals surface area contributed by atoms with Crippen LogP contribution in [0.25, 0.3) is 0 Å². The number of aliphatic hydroxyl groups is 1. The molecule has 0 amide bonds. The third-order valence-electron chi connectivity index (χ3n) is 3.23. The number of fused-ring (bicyclic) bond motifs is 1. The summed E-state index contributed by atoms with van der Waals surface area (Å²) in [6.07, 6.45) is -2.43. The first-order valence-corrected chi connectivity index (χ1v) is 6.13. The summed E-state index contributed by atoms with van der Waals surface area (Å²) in [4.78, 5) is 0. The van der Waals surface area contributed by atoms with E-state index < -0.39 is 11.8 Å². The fourth-order valence-electron chi connectivity index (χ4n) is 2.19. The quantitative estimate of drug-likeness (QED) is 0.404. The molecule has 0 radical (unpaired) electrons. The lowest BCUT2D eigenvalue weighted by Gasteiger charge is -2.12. The number of phenols is 4. The maximum atomic E-state index is 10.3. The van der Waals surface area contributed by atoms with Crippen molar-refractivity contribution < 1.29 is 31.3 Å². The molecule has 108 valence electrons. The SMILES string of the molecule is [2H]C1(O)Cc2c(O)cc(O)cc2[O+]=C1c1ccc(O)c(O)c1. The fraction of sp³-hybridized carbons (Fsp3) is 0.133. The molecule has 5 N–H and O–H groups in total. The molecule has 1 unspecified atom stereocenters. The molecule has 0 saturated carbocycles. The highest BCUT2D eigenvalue weighted by molar-refractivity contribution is 6.01. The Morgan fingerprint density at radius 1 is 1.00 bits per heavy atom. The van der Waals surface area contributed by atoms with E-state index in [0.717, 1.165) is 12.1 Å². The van der Waals surface area contributed by atoms with Gasteiger partial charge in [-0.1, -0.05) is 0 Å². The first-order valence-electron chi connectivity index (χ1n) is 6.63. The summed E-state index contributed by atoms with van der Waals surface area (Å²) in [6.45, 7) is 0. The normalized spacial score (nSPS) is 21.4. The Hall–Kier alpha value is -2.73. The molecule has 0 aliphatic carbocycles. The predicted molar refractivity (Wildman–Crippen MR) is 73.0 cm³/mol. The van der Waals surface area contributed by atoms with Gasteiger partial charge < -0.3 is 25.5 Å². The van der Waals surface area contributed by atoms with Gasteiger partial charge >= 0.3 is 11.5 Å². The number of carbonyl (C=O) groups excluding carboxylic acids is 1. The summed E-state index contributed by atoms with van der Waals surface area (Å²) in [5, 5.41) is 48.4. The lowest BCUT2D eigenvalue weighted by molar-refractivity contribution is -0.180. The van der Waals surface area contributed by atoms with Crippen LogP contribution in [0.5, 0.6) is 28.7 Å². The molecule has 1 heterocycles. The Morgan fingerprint density at radius 2 is 1.76 bits per heavy atom. The fourth-order valence-corrected chi connectivity index (χ4v) is 2.19. The molecule has 21 heavy (non-hydrogen) atoms. The van der Waals surface area contributed by atoms with Crippen molar-refractivity contribution in [2.45, 2.75) is 12.5 Å². The third-order valence-corrected chi connectivity index (χ3v) is 3.23. The Morgan fingerprint density at radius 3 is 2.48 bits per heavy atom. The second-order valence-electron chi connectivity index (χ2n) is 4.70. The molecule has 6 nitrogen and oxygen atoms in total. The van der Waals surface area contributed by atoms with Gasteiger partial charge in [0.25, 0.3) is 0 Å². The van der Waals surface area contributed by atoms with Gasteiger partial charge in [0, 0.05) is 18.6 Å². The molecular weight excluding hydrogens is 276 g/mol. The van der Waals surface area contributed by atoms with Gasteiger partial charge in [-0.15, -0.1) is 0 Å². The minimum Gasteiger partial charge on any atom is -0.507 e. The van der Waals surface area contributed by atoms with E-state index in [1.807, 2.05) is 0 Å². The lowest BCUT2D eigenvalue weighted by atomic mass is 9.96. The highest BCUT2D eigenvalue weighted by atomic mass is 16.4. The largest absolute Gasteiger partial charge is 0.507 e. The van der Waals surface area contributed by atoms with E-state index in [-0.39, 0.29) is 46.3 Å². The first kappa shape index (κ1) is 12.0. The van der Waals surface area contributed by atoms with Crippen molar-refractivity contribution in [2.24, 2.45) is 0 Å². The lowest BCUT2D eigenvalue weighted by Crippen LogP contribution is -2.26. The van der Waals surface area contributed by atoms with E-state index in [0.29, 0.717) is 0 Å². The summed E-state index contributed by atoms with van der Waals surface area (Å²) in [7, 11) is 0. The van der Waals surface area contributed by atoms with E-state index in [2.05, 4.69) is 0 Å². The zero-order chi connectivity index (χ0) is 16.1. The number of hydrogen-bond acceptors (Lipinski definition) is 5. The Labute approximate surface area is 120 Å². The van der Waals surface area contributed by atoms with Crippen LogP contribution in [0.4, 0.5) is 0 Å². The summed E-state index contributed by atoms with van der Waals surface area (Å²) in [5.74, 6) is -1.34. The molecular formula is C15H13O6+. The van der Waals surface area contributed by atoms with Gasteiger partial charge in [0.05, 0.1) is 13.0 Å². The standard InChI is InChI=1S/C15H12O6/c16-8-4-11(18)9-6-13(20)15(21-14(9)5-8)7-1-2-10(17)12(19)3-7/h1-5,13,20H,6H2,(H3-,16,17,18,19)/p+1/i13D. The van der Waals surface area contributed by atoms with Crippen molar-refractivity contribution in [1.82, 2.24) is 0 Å². The smallest absolute Gasteiger partial charge is 0.365 e. The number of benzene rings is 2. The Bertz CT molecular complexity index is 797. The molecule has 0 bridgehead atoms. The van der Waals surface area contributed by atoms with Crippen LogP contribution in [-0.4, -0.2) is 37.4 Å². The van der Waals surface area contributed by atoms with Gasteiger partial charge in [0.1, 0.15) is 17.1 Å². The number of rotatable bonds is 1. The van der Waals surface area contributed by atoms with Gasteiger partial charge in [-0.25, -0.2) is 4.42 Å². The number of aromatic hydroxyl groups is 4. The summed E-state index contributed by atoms with van der Waals surface area (Å²) >= 11 is 0. The molecule has 1 aliphatic rings. The van der Waals surface area contributed by atoms with Gasteiger partial charge in [-0.3, -0.25) is 0 Å². The van der Waals surface area contributed by atoms with Crippen molar-refractivity contribution in [3.63, 3.8) is 0 Å². The monoisotopic (exact) mass is 290 g/mol. The first-order chi connectivity index (χ1) is 10.3. The van der Waals surface area contributed by atoms with Crippen molar-refractivity contribution in [2.75, 3.05) is 0 Å². The maximum Gasteiger partial charge on any atom is 0.365 e. The molecule has 0 spiro atoms. The zero-order valence-electron chi connectivity index (χ0n) is 11.7. The zero-order valence-corrected chi connectivity index (χ0v) is 10.7. The van der Waals surface area contributed by atoms with Gasteiger partial charge in [-0.2, -0.15) is 0 Å². The van der Waals surface area contributed by atoms with Gasteiger partial charge in [0.15, 0.2) is 17.6 Å². The van der Waals surface area contributed by atoms with Crippen LogP contribution in [0.3, 0.4) is 0 Å². The van der Waals surface area contributed by atoms with Crippen LogP contribution in [0, 0.1) is 0 Å². The van der Waals surface area contributed by atoms with Crippen LogP contribution >= 0.6 is 0 Å². The van der Waals surface area contributed by atoms with Crippen LogP contribution in [0.2, 0.25) is 0 Å². The van der Waals surface area contributed by atoms with Crippen molar-refractivity contribution >= 4 is 5.78 Å².